The zero-order valence-electron chi connectivity index (χ0n) is 9.53. The number of benzene rings is 1. The SMILES string of the molecule is CC(C)C(NN)C1Cc2ccccc2C1. The predicted molar refractivity (Wildman–Crippen MR) is 63.3 cm³/mol. The summed E-state index contributed by atoms with van der Waals surface area (Å²) in [4.78, 5) is 0. The van der Waals surface area contributed by atoms with Crippen molar-refractivity contribution in [3.05, 3.63) is 35.4 Å². The highest BCUT2D eigenvalue weighted by atomic mass is 15.2. The Morgan fingerprint density at radius 3 is 2.13 bits per heavy atom. The number of hydrogen-bond donors (Lipinski definition) is 2. The summed E-state index contributed by atoms with van der Waals surface area (Å²) in [5, 5.41) is 0. The average molecular weight is 204 g/mol. The zero-order valence-corrected chi connectivity index (χ0v) is 9.53. The van der Waals surface area contributed by atoms with Crippen molar-refractivity contribution in [2.75, 3.05) is 0 Å². The number of rotatable bonds is 3. The standard InChI is InChI=1S/C13H20N2/c1-9(2)13(15-14)12-7-10-5-3-4-6-11(10)8-12/h3-6,9,12-13,15H,7-8,14H2,1-2H3. The summed E-state index contributed by atoms with van der Waals surface area (Å²) >= 11 is 0. The molecule has 1 aliphatic rings. The molecule has 0 saturated carbocycles. The van der Waals surface area contributed by atoms with Crippen LogP contribution in [0.1, 0.15) is 25.0 Å². The van der Waals surface area contributed by atoms with E-state index in [1.54, 1.807) is 0 Å². The molecule has 0 aromatic heterocycles. The molecule has 3 N–H and O–H groups in total. The van der Waals surface area contributed by atoms with Crippen molar-refractivity contribution in [2.45, 2.75) is 32.7 Å². The Bertz CT molecular complexity index is 308. The maximum absolute atomic E-state index is 5.64. The largest absolute Gasteiger partial charge is 0.271 e. The van der Waals surface area contributed by atoms with E-state index in [4.69, 9.17) is 5.84 Å². The lowest BCUT2D eigenvalue weighted by atomic mass is 9.89. The minimum atomic E-state index is 0.428. The van der Waals surface area contributed by atoms with Crippen molar-refractivity contribution in [2.24, 2.45) is 17.7 Å². The van der Waals surface area contributed by atoms with E-state index in [9.17, 15) is 0 Å². The van der Waals surface area contributed by atoms with Crippen LogP contribution >= 0.6 is 0 Å². The van der Waals surface area contributed by atoms with Gasteiger partial charge in [-0.1, -0.05) is 38.1 Å². The Morgan fingerprint density at radius 2 is 1.73 bits per heavy atom. The lowest BCUT2D eigenvalue weighted by Crippen LogP contribution is -2.44. The van der Waals surface area contributed by atoms with Gasteiger partial charge < -0.3 is 0 Å². The van der Waals surface area contributed by atoms with Gasteiger partial charge in [0.15, 0.2) is 0 Å². The quantitative estimate of drug-likeness (QED) is 0.583. The molecule has 82 valence electrons. The van der Waals surface area contributed by atoms with Gasteiger partial charge >= 0.3 is 0 Å². The summed E-state index contributed by atoms with van der Waals surface area (Å²) in [5.41, 5.74) is 5.98. The third kappa shape index (κ3) is 2.06. The molecule has 1 unspecified atom stereocenters. The molecule has 2 nitrogen and oxygen atoms in total. The van der Waals surface area contributed by atoms with Gasteiger partial charge in [0.05, 0.1) is 0 Å². The Morgan fingerprint density at radius 1 is 1.20 bits per heavy atom. The number of fused-ring (bicyclic) bond motifs is 1. The van der Waals surface area contributed by atoms with Crippen molar-refractivity contribution < 1.29 is 0 Å². The van der Waals surface area contributed by atoms with E-state index >= 15 is 0 Å². The average Bonchev–Trinajstić information content (AvgIpc) is 2.61. The lowest BCUT2D eigenvalue weighted by molar-refractivity contribution is 0.293. The van der Waals surface area contributed by atoms with Crippen LogP contribution in [0.2, 0.25) is 0 Å². The van der Waals surface area contributed by atoms with Gasteiger partial charge in [-0.05, 0) is 35.8 Å². The van der Waals surface area contributed by atoms with Crippen LogP contribution < -0.4 is 11.3 Å². The van der Waals surface area contributed by atoms with E-state index in [-0.39, 0.29) is 0 Å². The van der Waals surface area contributed by atoms with Gasteiger partial charge in [-0.15, -0.1) is 0 Å². The van der Waals surface area contributed by atoms with Crippen molar-refractivity contribution in [1.29, 1.82) is 0 Å². The minimum Gasteiger partial charge on any atom is -0.271 e. The fourth-order valence-corrected chi connectivity index (χ4v) is 2.72. The van der Waals surface area contributed by atoms with Crippen LogP contribution in [0.15, 0.2) is 24.3 Å². The molecule has 0 heterocycles. The minimum absolute atomic E-state index is 0.428. The molecule has 1 aromatic rings. The van der Waals surface area contributed by atoms with Crippen molar-refractivity contribution in [3.8, 4) is 0 Å². The van der Waals surface area contributed by atoms with E-state index < -0.39 is 0 Å². The van der Waals surface area contributed by atoms with Gasteiger partial charge in [-0.2, -0.15) is 0 Å². The van der Waals surface area contributed by atoms with Gasteiger partial charge in [-0.25, -0.2) is 0 Å². The lowest BCUT2D eigenvalue weighted by Gasteiger charge is -2.26. The summed E-state index contributed by atoms with van der Waals surface area (Å²) in [6, 6.07) is 9.16. The number of hydrazine groups is 1. The monoisotopic (exact) mass is 204 g/mol. The molecular formula is C13H20N2. The van der Waals surface area contributed by atoms with Crippen molar-refractivity contribution >= 4 is 0 Å². The normalized spacial score (nSPS) is 18.1. The highest BCUT2D eigenvalue weighted by Crippen LogP contribution is 2.30. The van der Waals surface area contributed by atoms with Crippen LogP contribution in [0.5, 0.6) is 0 Å². The Hall–Kier alpha value is -0.860. The van der Waals surface area contributed by atoms with Gasteiger partial charge in [0.25, 0.3) is 0 Å². The summed E-state index contributed by atoms with van der Waals surface area (Å²) in [5.74, 6) is 6.89. The molecular weight excluding hydrogens is 184 g/mol. The molecule has 15 heavy (non-hydrogen) atoms. The van der Waals surface area contributed by atoms with Crippen LogP contribution in [-0.2, 0) is 12.8 Å². The first kappa shape index (κ1) is 10.7. The molecule has 0 fully saturated rings. The third-order valence-electron chi connectivity index (χ3n) is 3.50. The first-order valence-corrected chi connectivity index (χ1v) is 5.75. The molecule has 0 bridgehead atoms. The molecule has 0 aliphatic heterocycles. The summed E-state index contributed by atoms with van der Waals surface area (Å²) in [6.07, 6.45) is 2.34. The van der Waals surface area contributed by atoms with Crippen molar-refractivity contribution in [3.63, 3.8) is 0 Å². The molecule has 1 atom stereocenters. The van der Waals surface area contributed by atoms with E-state index in [2.05, 4.69) is 43.5 Å². The van der Waals surface area contributed by atoms with Crippen LogP contribution in [0.4, 0.5) is 0 Å². The summed E-state index contributed by atoms with van der Waals surface area (Å²) in [6.45, 7) is 4.46. The summed E-state index contributed by atoms with van der Waals surface area (Å²) < 4.78 is 0. The van der Waals surface area contributed by atoms with Crippen molar-refractivity contribution in [1.82, 2.24) is 5.43 Å². The van der Waals surface area contributed by atoms with E-state index in [1.165, 1.54) is 24.0 Å². The zero-order chi connectivity index (χ0) is 10.8. The van der Waals surface area contributed by atoms with E-state index in [1.807, 2.05) is 0 Å². The first-order valence-electron chi connectivity index (χ1n) is 5.75. The molecule has 1 aliphatic carbocycles. The number of nitrogens with one attached hydrogen (secondary N) is 1. The number of hydrogen-bond acceptors (Lipinski definition) is 2. The van der Waals surface area contributed by atoms with Crippen LogP contribution in [0.3, 0.4) is 0 Å². The van der Waals surface area contributed by atoms with E-state index in [0.717, 1.165) is 0 Å². The second-order valence-electron chi connectivity index (χ2n) is 4.87. The first-order chi connectivity index (χ1) is 7.22. The fourth-order valence-electron chi connectivity index (χ4n) is 2.72. The highest BCUT2D eigenvalue weighted by molar-refractivity contribution is 5.32. The van der Waals surface area contributed by atoms with Crippen LogP contribution in [0, 0.1) is 11.8 Å². The predicted octanol–water partition coefficient (Wildman–Crippen LogP) is 1.89. The molecule has 2 rings (SSSR count). The Balaban J connectivity index is 2.12. The topological polar surface area (TPSA) is 38.0 Å². The molecule has 0 radical (unpaired) electrons. The Kier molecular flexibility index (Phi) is 3.08. The molecule has 0 saturated heterocycles. The highest BCUT2D eigenvalue weighted by Gasteiger charge is 2.29. The molecule has 0 amide bonds. The second-order valence-corrected chi connectivity index (χ2v) is 4.87. The van der Waals surface area contributed by atoms with Crippen LogP contribution in [0.25, 0.3) is 0 Å². The smallest absolute Gasteiger partial charge is 0.0268 e. The fraction of sp³-hybridized carbons (Fsp3) is 0.538. The number of nitrogens with two attached hydrogens (primary N) is 1. The van der Waals surface area contributed by atoms with E-state index in [0.29, 0.717) is 17.9 Å². The second kappa shape index (κ2) is 4.33. The third-order valence-corrected chi connectivity index (χ3v) is 3.50. The Labute approximate surface area is 91.8 Å². The van der Waals surface area contributed by atoms with Gasteiger partial charge in [0.2, 0.25) is 0 Å². The maximum atomic E-state index is 5.64. The van der Waals surface area contributed by atoms with Crippen LogP contribution in [-0.4, -0.2) is 6.04 Å². The van der Waals surface area contributed by atoms with Gasteiger partial charge in [0.1, 0.15) is 0 Å². The maximum Gasteiger partial charge on any atom is 0.0268 e. The molecule has 1 aromatic carbocycles. The molecule has 0 spiro atoms. The van der Waals surface area contributed by atoms with Gasteiger partial charge in [0, 0.05) is 6.04 Å². The summed E-state index contributed by atoms with van der Waals surface area (Å²) in [7, 11) is 0. The van der Waals surface area contributed by atoms with Gasteiger partial charge in [-0.3, -0.25) is 11.3 Å². The molecule has 2 heteroatoms.